The minimum atomic E-state index is -0.401. The van der Waals surface area contributed by atoms with Crippen LogP contribution in [0.25, 0.3) is 11.3 Å². The molecule has 0 spiro atoms. The second kappa shape index (κ2) is 11.1. The molecule has 32 heavy (non-hydrogen) atoms. The molecule has 2 aromatic carbocycles. The zero-order valence-electron chi connectivity index (χ0n) is 17.3. The number of methoxy groups -OCH3 is 1. The van der Waals surface area contributed by atoms with Crippen LogP contribution in [0.15, 0.2) is 60.8 Å². The maximum Gasteiger partial charge on any atom is 0.262 e. The zero-order chi connectivity index (χ0) is 23.3. The third-order valence-corrected chi connectivity index (χ3v) is 6.65. The van der Waals surface area contributed by atoms with Crippen LogP contribution in [0.2, 0.25) is 10.0 Å². The Morgan fingerprint density at radius 3 is 2.56 bits per heavy atom. The Balaban J connectivity index is 1.78. The van der Waals surface area contributed by atoms with Gasteiger partial charge < -0.3 is 10.1 Å². The fraction of sp³-hybridized carbons (Fsp3) is 0.174. The van der Waals surface area contributed by atoms with E-state index in [-0.39, 0.29) is 22.5 Å². The van der Waals surface area contributed by atoms with Crippen molar-refractivity contribution in [3.63, 3.8) is 0 Å². The van der Waals surface area contributed by atoms with Crippen LogP contribution in [0.3, 0.4) is 0 Å². The summed E-state index contributed by atoms with van der Waals surface area (Å²) in [7, 11) is 1.58. The van der Waals surface area contributed by atoms with Crippen molar-refractivity contribution in [2.75, 3.05) is 19.0 Å². The number of carbonyl (C=O) groups is 2. The third kappa shape index (κ3) is 5.78. The van der Waals surface area contributed by atoms with Gasteiger partial charge in [-0.1, -0.05) is 29.3 Å². The van der Waals surface area contributed by atoms with Crippen LogP contribution in [-0.2, 0) is 4.74 Å². The Morgan fingerprint density at radius 1 is 1.12 bits per heavy atom. The van der Waals surface area contributed by atoms with Gasteiger partial charge >= 0.3 is 0 Å². The highest BCUT2D eigenvalue weighted by atomic mass is 127. The molecule has 166 valence electrons. The first-order chi connectivity index (χ1) is 15.3. The van der Waals surface area contributed by atoms with Gasteiger partial charge in [0.05, 0.1) is 56.8 Å². The summed E-state index contributed by atoms with van der Waals surface area (Å²) >= 11 is 14.6. The van der Waals surface area contributed by atoms with Crippen LogP contribution in [0, 0.1) is 0 Å². The molecule has 0 saturated heterocycles. The van der Waals surface area contributed by atoms with E-state index in [9.17, 15) is 9.59 Å². The van der Waals surface area contributed by atoms with Gasteiger partial charge in [-0.2, -0.15) is 0 Å². The number of aromatic nitrogens is 1. The maximum absolute atomic E-state index is 12.8. The van der Waals surface area contributed by atoms with Crippen LogP contribution < -0.4 is 5.32 Å². The molecule has 0 saturated carbocycles. The Bertz CT molecular complexity index is 1130. The number of nitrogens with zero attached hydrogens (tertiary/aromatic N) is 2. The van der Waals surface area contributed by atoms with E-state index < -0.39 is 5.91 Å². The topological polar surface area (TPSA) is 71.5 Å². The number of halogens is 3. The lowest BCUT2D eigenvalue weighted by atomic mass is 10.1. The summed E-state index contributed by atoms with van der Waals surface area (Å²) < 4.78 is 6.64. The molecule has 2 amide bonds. The predicted octanol–water partition coefficient (Wildman–Crippen LogP) is 6.13. The smallest absolute Gasteiger partial charge is 0.262 e. The summed E-state index contributed by atoms with van der Waals surface area (Å²) in [5.41, 5.74) is 2.57. The molecule has 6 nitrogen and oxygen atoms in total. The minimum Gasteiger partial charge on any atom is -0.383 e. The predicted molar refractivity (Wildman–Crippen MR) is 136 cm³/mol. The normalized spacial score (nSPS) is 11.7. The van der Waals surface area contributed by atoms with Crippen LogP contribution in [0.5, 0.6) is 0 Å². The third-order valence-electron chi connectivity index (χ3n) is 4.61. The molecule has 1 N–H and O–H groups in total. The molecule has 0 aliphatic carbocycles. The molecule has 0 fully saturated rings. The molecule has 3 aromatic rings. The first-order valence-electron chi connectivity index (χ1n) is 9.62. The van der Waals surface area contributed by atoms with Crippen LogP contribution in [0.4, 0.5) is 5.69 Å². The summed E-state index contributed by atoms with van der Waals surface area (Å²) in [6.07, 6.45) is 1.67. The van der Waals surface area contributed by atoms with Gasteiger partial charge in [-0.05, 0) is 55.5 Å². The van der Waals surface area contributed by atoms with E-state index in [1.807, 2.05) is 48.0 Å². The van der Waals surface area contributed by atoms with Crippen LogP contribution >= 0.6 is 46.1 Å². The van der Waals surface area contributed by atoms with Crippen molar-refractivity contribution >= 4 is 63.6 Å². The average Bonchev–Trinajstić information content (AvgIpc) is 2.79. The van der Waals surface area contributed by atoms with Gasteiger partial charge in [0.25, 0.3) is 11.8 Å². The number of amides is 2. The maximum atomic E-state index is 12.8. The standard InChI is InChI=1S/C23H20Cl2IN3O3/c1-14(13-32-2)29(26)23(31)15-6-8-17(20(25)11-15)22(30)28-16-7-9-19(24)18(12-16)21-5-3-4-10-27-21/h3-12,14H,13H2,1-2H3,(H,28,30)/t14-/m0/s1. The van der Waals surface area contributed by atoms with Gasteiger partial charge in [0, 0.05) is 30.1 Å². The lowest BCUT2D eigenvalue weighted by Gasteiger charge is -2.22. The molecule has 0 unspecified atom stereocenters. The number of carbonyl (C=O) groups excluding carboxylic acids is 2. The fourth-order valence-corrected chi connectivity index (χ4v) is 3.90. The molecule has 1 aromatic heterocycles. The molecule has 0 aliphatic rings. The molecule has 9 heteroatoms. The molecular formula is C23H20Cl2IN3O3. The summed E-state index contributed by atoms with van der Waals surface area (Å²) in [6.45, 7) is 2.28. The van der Waals surface area contributed by atoms with E-state index in [0.717, 1.165) is 0 Å². The van der Waals surface area contributed by atoms with Gasteiger partial charge in [0.2, 0.25) is 0 Å². The Morgan fingerprint density at radius 2 is 1.91 bits per heavy atom. The van der Waals surface area contributed by atoms with Crippen LogP contribution in [-0.4, -0.2) is 39.7 Å². The number of rotatable bonds is 7. The van der Waals surface area contributed by atoms with E-state index >= 15 is 0 Å². The van der Waals surface area contributed by atoms with Gasteiger partial charge in [0.15, 0.2) is 0 Å². The van der Waals surface area contributed by atoms with E-state index in [4.69, 9.17) is 27.9 Å². The van der Waals surface area contributed by atoms with Gasteiger partial charge in [0.1, 0.15) is 0 Å². The van der Waals surface area contributed by atoms with E-state index in [1.165, 1.54) is 12.1 Å². The highest BCUT2D eigenvalue weighted by Crippen LogP contribution is 2.30. The van der Waals surface area contributed by atoms with Gasteiger partial charge in [-0.25, -0.2) is 0 Å². The largest absolute Gasteiger partial charge is 0.383 e. The first kappa shape index (κ1) is 24.4. The molecule has 0 bridgehead atoms. The average molecular weight is 584 g/mol. The zero-order valence-corrected chi connectivity index (χ0v) is 21.0. The number of hydrogen-bond donors (Lipinski definition) is 1. The second-order valence-electron chi connectivity index (χ2n) is 6.98. The summed E-state index contributed by atoms with van der Waals surface area (Å²) in [4.78, 5) is 29.8. The number of nitrogens with one attached hydrogen (secondary N) is 1. The number of benzene rings is 2. The van der Waals surface area contributed by atoms with Crippen molar-refractivity contribution in [3.8, 4) is 11.3 Å². The minimum absolute atomic E-state index is 0.118. The Kier molecular flexibility index (Phi) is 8.47. The number of ether oxygens (including phenoxy) is 1. The first-order valence-corrected chi connectivity index (χ1v) is 11.3. The van der Waals surface area contributed by atoms with Crippen molar-refractivity contribution in [1.29, 1.82) is 0 Å². The van der Waals surface area contributed by atoms with E-state index in [1.54, 1.807) is 40.7 Å². The number of pyridine rings is 1. The van der Waals surface area contributed by atoms with Crippen molar-refractivity contribution in [2.45, 2.75) is 13.0 Å². The lowest BCUT2D eigenvalue weighted by Crippen LogP contribution is -2.33. The highest BCUT2D eigenvalue weighted by Gasteiger charge is 2.21. The van der Waals surface area contributed by atoms with Crippen molar-refractivity contribution in [2.24, 2.45) is 0 Å². The molecule has 1 atom stereocenters. The molecule has 3 rings (SSSR count). The number of anilines is 1. The Labute approximate surface area is 210 Å². The van der Waals surface area contributed by atoms with Gasteiger partial charge in [-0.15, -0.1) is 0 Å². The lowest BCUT2D eigenvalue weighted by molar-refractivity contribution is 0.0797. The Hall–Kier alpha value is -2.20. The fourth-order valence-electron chi connectivity index (χ4n) is 2.98. The molecule has 1 heterocycles. The van der Waals surface area contributed by atoms with Crippen LogP contribution in [0.1, 0.15) is 27.6 Å². The highest BCUT2D eigenvalue weighted by molar-refractivity contribution is 14.1. The van der Waals surface area contributed by atoms with Gasteiger partial charge in [-0.3, -0.25) is 17.7 Å². The molecule has 0 radical (unpaired) electrons. The van der Waals surface area contributed by atoms with E-state index in [0.29, 0.717) is 34.1 Å². The second-order valence-corrected chi connectivity index (χ2v) is 8.83. The summed E-state index contributed by atoms with van der Waals surface area (Å²) in [5.74, 6) is -0.621. The monoisotopic (exact) mass is 583 g/mol. The quantitative estimate of drug-likeness (QED) is 0.268. The molecular weight excluding hydrogens is 564 g/mol. The number of hydrogen-bond acceptors (Lipinski definition) is 4. The summed E-state index contributed by atoms with van der Waals surface area (Å²) in [5, 5.41) is 3.52. The van der Waals surface area contributed by atoms with Crippen molar-refractivity contribution in [3.05, 3.63) is 82.0 Å². The SMILES string of the molecule is COC[C@H](C)N(I)C(=O)c1ccc(C(=O)Nc2ccc(Cl)c(-c3ccccn3)c2)c(Cl)c1. The van der Waals surface area contributed by atoms with Crippen molar-refractivity contribution in [1.82, 2.24) is 8.10 Å². The summed E-state index contributed by atoms with van der Waals surface area (Å²) in [6, 6.07) is 15.1. The van der Waals surface area contributed by atoms with E-state index in [2.05, 4.69) is 10.3 Å². The van der Waals surface area contributed by atoms with Crippen molar-refractivity contribution < 1.29 is 14.3 Å². The molecule has 0 aliphatic heterocycles.